The largest absolute Gasteiger partial charge is 0.496 e. The third-order valence-corrected chi connectivity index (χ3v) is 2.66. The minimum absolute atomic E-state index is 0.299. The lowest BCUT2D eigenvalue weighted by Gasteiger charge is -2.14. The number of furan rings is 1. The molecule has 1 aromatic carbocycles. The highest BCUT2D eigenvalue weighted by atomic mass is 35.5. The van der Waals surface area contributed by atoms with Gasteiger partial charge in [0.2, 0.25) is 0 Å². The summed E-state index contributed by atoms with van der Waals surface area (Å²) in [5, 5.41) is 0.634. The van der Waals surface area contributed by atoms with Crippen LogP contribution in [0.5, 0.6) is 5.75 Å². The van der Waals surface area contributed by atoms with Crippen LogP contribution in [0.25, 0.3) is 0 Å². The molecule has 16 heavy (non-hydrogen) atoms. The molecule has 0 radical (unpaired) electrons. The molecule has 2 rings (SSSR count). The van der Waals surface area contributed by atoms with Crippen LogP contribution in [0.2, 0.25) is 5.02 Å². The summed E-state index contributed by atoms with van der Waals surface area (Å²) < 4.78 is 10.3. The van der Waals surface area contributed by atoms with Crippen molar-refractivity contribution >= 4 is 11.6 Å². The van der Waals surface area contributed by atoms with E-state index in [1.165, 1.54) is 0 Å². The molecule has 84 valence electrons. The first-order valence-corrected chi connectivity index (χ1v) is 5.21. The molecule has 1 unspecified atom stereocenters. The number of rotatable bonds is 3. The molecule has 0 bridgehead atoms. The highest BCUT2D eigenvalue weighted by molar-refractivity contribution is 6.30. The first-order valence-electron chi connectivity index (χ1n) is 4.83. The molecule has 1 aromatic heterocycles. The number of ether oxygens (including phenoxy) is 1. The second-order valence-corrected chi connectivity index (χ2v) is 3.86. The van der Waals surface area contributed by atoms with Crippen molar-refractivity contribution in [1.29, 1.82) is 0 Å². The molecule has 0 spiro atoms. The van der Waals surface area contributed by atoms with Gasteiger partial charge in [-0.3, -0.25) is 0 Å². The van der Waals surface area contributed by atoms with Gasteiger partial charge in [-0.25, -0.2) is 0 Å². The third-order valence-electron chi connectivity index (χ3n) is 2.43. The van der Waals surface area contributed by atoms with Crippen LogP contribution < -0.4 is 10.5 Å². The molecule has 0 saturated carbocycles. The maximum Gasteiger partial charge on any atom is 0.124 e. The van der Waals surface area contributed by atoms with E-state index in [4.69, 9.17) is 26.5 Å². The zero-order valence-corrected chi connectivity index (χ0v) is 9.57. The van der Waals surface area contributed by atoms with Crippen molar-refractivity contribution in [3.05, 3.63) is 52.9 Å². The summed E-state index contributed by atoms with van der Waals surface area (Å²) in [6.07, 6.45) is 3.21. The van der Waals surface area contributed by atoms with Gasteiger partial charge in [-0.2, -0.15) is 0 Å². The van der Waals surface area contributed by atoms with Crippen molar-refractivity contribution < 1.29 is 9.15 Å². The van der Waals surface area contributed by atoms with Gasteiger partial charge in [-0.15, -0.1) is 0 Å². The molecule has 0 aliphatic rings. The Morgan fingerprint density at radius 2 is 2.19 bits per heavy atom. The highest BCUT2D eigenvalue weighted by Gasteiger charge is 2.15. The number of methoxy groups -OCH3 is 1. The lowest BCUT2D eigenvalue weighted by Crippen LogP contribution is -2.12. The Labute approximate surface area is 98.8 Å². The summed E-state index contributed by atoms with van der Waals surface area (Å²) in [4.78, 5) is 0. The van der Waals surface area contributed by atoms with E-state index in [0.717, 1.165) is 16.9 Å². The zero-order valence-electron chi connectivity index (χ0n) is 8.81. The molecule has 0 aliphatic carbocycles. The maximum absolute atomic E-state index is 6.11. The second-order valence-electron chi connectivity index (χ2n) is 3.42. The molecule has 1 heterocycles. The number of benzene rings is 1. The van der Waals surface area contributed by atoms with Gasteiger partial charge in [0.15, 0.2) is 0 Å². The van der Waals surface area contributed by atoms with Crippen LogP contribution >= 0.6 is 11.6 Å². The van der Waals surface area contributed by atoms with Crippen LogP contribution in [0.1, 0.15) is 17.2 Å². The number of hydrogen-bond acceptors (Lipinski definition) is 3. The van der Waals surface area contributed by atoms with Crippen molar-refractivity contribution in [1.82, 2.24) is 0 Å². The van der Waals surface area contributed by atoms with Crippen LogP contribution in [0.4, 0.5) is 0 Å². The summed E-state index contributed by atoms with van der Waals surface area (Å²) in [6, 6.07) is 6.90. The molecule has 0 fully saturated rings. The standard InChI is InChI=1S/C12H12ClNO2/c1-15-11-3-2-9(13)6-10(11)12(14)8-4-5-16-7-8/h2-7,12H,14H2,1H3. The van der Waals surface area contributed by atoms with E-state index in [-0.39, 0.29) is 6.04 Å². The fourth-order valence-corrected chi connectivity index (χ4v) is 1.76. The summed E-state index contributed by atoms with van der Waals surface area (Å²) >= 11 is 5.94. The predicted molar refractivity (Wildman–Crippen MR) is 62.7 cm³/mol. The van der Waals surface area contributed by atoms with Crippen LogP contribution in [-0.2, 0) is 0 Å². The average molecular weight is 238 g/mol. The Morgan fingerprint density at radius 3 is 2.81 bits per heavy atom. The van der Waals surface area contributed by atoms with Gasteiger partial charge in [0, 0.05) is 16.1 Å². The van der Waals surface area contributed by atoms with E-state index in [0.29, 0.717) is 5.02 Å². The number of hydrogen-bond donors (Lipinski definition) is 1. The maximum atomic E-state index is 6.11. The minimum Gasteiger partial charge on any atom is -0.496 e. The second kappa shape index (κ2) is 4.60. The molecular formula is C12H12ClNO2. The third kappa shape index (κ3) is 2.05. The molecule has 0 aliphatic heterocycles. The van der Waals surface area contributed by atoms with Gasteiger partial charge in [0.1, 0.15) is 5.75 Å². The molecule has 4 heteroatoms. The minimum atomic E-state index is -0.299. The Balaban J connectivity index is 2.42. The summed E-state index contributed by atoms with van der Waals surface area (Å²) in [7, 11) is 1.61. The SMILES string of the molecule is COc1ccc(Cl)cc1C(N)c1ccoc1. The first kappa shape index (κ1) is 11.0. The smallest absolute Gasteiger partial charge is 0.124 e. The lowest BCUT2D eigenvalue weighted by atomic mass is 10.0. The molecule has 1 atom stereocenters. The van der Waals surface area contributed by atoms with E-state index in [1.54, 1.807) is 37.8 Å². The quantitative estimate of drug-likeness (QED) is 0.893. The van der Waals surface area contributed by atoms with Gasteiger partial charge in [0.25, 0.3) is 0 Å². The molecule has 3 nitrogen and oxygen atoms in total. The van der Waals surface area contributed by atoms with Gasteiger partial charge < -0.3 is 14.9 Å². The lowest BCUT2D eigenvalue weighted by molar-refractivity contribution is 0.407. The van der Waals surface area contributed by atoms with Gasteiger partial charge in [-0.1, -0.05) is 11.6 Å². The molecular weight excluding hydrogens is 226 g/mol. The van der Waals surface area contributed by atoms with E-state index in [1.807, 2.05) is 6.07 Å². The fourth-order valence-electron chi connectivity index (χ4n) is 1.58. The van der Waals surface area contributed by atoms with Gasteiger partial charge in [0.05, 0.1) is 25.7 Å². The van der Waals surface area contributed by atoms with Crippen LogP contribution in [0.3, 0.4) is 0 Å². The fraction of sp³-hybridized carbons (Fsp3) is 0.167. The first-order chi connectivity index (χ1) is 7.72. The van der Waals surface area contributed by atoms with Crippen molar-refractivity contribution in [2.45, 2.75) is 6.04 Å². The predicted octanol–water partition coefficient (Wildman–Crippen LogP) is 2.99. The van der Waals surface area contributed by atoms with Crippen molar-refractivity contribution in [3.63, 3.8) is 0 Å². The Morgan fingerprint density at radius 1 is 1.38 bits per heavy atom. The molecule has 0 amide bonds. The zero-order chi connectivity index (χ0) is 11.5. The number of halogens is 1. The van der Waals surface area contributed by atoms with Crippen molar-refractivity contribution in [3.8, 4) is 5.75 Å². The van der Waals surface area contributed by atoms with E-state index in [9.17, 15) is 0 Å². The van der Waals surface area contributed by atoms with E-state index in [2.05, 4.69) is 0 Å². The van der Waals surface area contributed by atoms with Crippen molar-refractivity contribution in [2.75, 3.05) is 7.11 Å². The Kier molecular flexibility index (Phi) is 3.17. The normalized spacial score (nSPS) is 12.4. The molecule has 0 saturated heterocycles. The van der Waals surface area contributed by atoms with Gasteiger partial charge in [-0.05, 0) is 24.3 Å². The van der Waals surface area contributed by atoms with Crippen LogP contribution in [0.15, 0.2) is 41.2 Å². The number of nitrogens with two attached hydrogens (primary N) is 1. The Bertz CT molecular complexity index is 468. The van der Waals surface area contributed by atoms with Crippen LogP contribution in [0, 0.1) is 0 Å². The van der Waals surface area contributed by atoms with Crippen LogP contribution in [-0.4, -0.2) is 7.11 Å². The summed E-state index contributed by atoms with van der Waals surface area (Å²) in [6.45, 7) is 0. The Hall–Kier alpha value is -1.45. The summed E-state index contributed by atoms with van der Waals surface area (Å²) in [5.74, 6) is 0.720. The topological polar surface area (TPSA) is 48.4 Å². The molecule has 2 aromatic rings. The molecule has 2 N–H and O–H groups in total. The average Bonchev–Trinajstić information content (AvgIpc) is 2.81. The van der Waals surface area contributed by atoms with E-state index < -0.39 is 0 Å². The van der Waals surface area contributed by atoms with Crippen molar-refractivity contribution in [2.24, 2.45) is 5.73 Å². The monoisotopic (exact) mass is 237 g/mol. The summed E-state index contributed by atoms with van der Waals surface area (Å²) in [5.41, 5.74) is 7.84. The highest BCUT2D eigenvalue weighted by Crippen LogP contribution is 2.30. The van der Waals surface area contributed by atoms with Gasteiger partial charge >= 0.3 is 0 Å². The van der Waals surface area contributed by atoms with E-state index >= 15 is 0 Å².